The quantitative estimate of drug-likeness (QED) is 0.414. The van der Waals surface area contributed by atoms with Crippen LogP contribution in [0.4, 0.5) is 5.69 Å². The third-order valence-corrected chi connectivity index (χ3v) is 6.10. The lowest BCUT2D eigenvalue weighted by atomic mass is 10.0. The second kappa shape index (κ2) is 7.82. The van der Waals surface area contributed by atoms with Gasteiger partial charge in [0, 0.05) is 35.7 Å². The number of aromatic nitrogens is 2. The van der Waals surface area contributed by atoms with Crippen LogP contribution < -0.4 is 4.90 Å². The fraction of sp³-hybridized carbons (Fsp3) is 0.308. The average Bonchev–Trinajstić information content (AvgIpc) is 2.78. The molecule has 1 saturated heterocycles. The van der Waals surface area contributed by atoms with Crippen molar-refractivity contribution < 1.29 is 0 Å². The predicted molar refractivity (Wildman–Crippen MR) is 122 cm³/mol. The highest BCUT2D eigenvalue weighted by molar-refractivity contribution is 6.04. The number of fused-ring (bicyclic) bond motifs is 3. The summed E-state index contributed by atoms with van der Waals surface area (Å²) in [6.45, 7) is 4.51. The maximum absolute atomic E-state index is 4.67. The molecule has 0 unspecified atom stereocenters. The average molecular weight is 382 g/mol. The van der Waals surface area contributed by atoms with Crippen LogP contribution in [-0.2, 0) is 12.8 Å². The molecule has 5 rings (SSSR count). The molecule has 0 bridgehead atoms. The summed E-state index contributed by atoms with van der Waals surface area (Å²) in [7, 11) is 0. The van der Waals surface area contributed by atoms with Gasteiger partial charge in [-0.25, -0.2) is 0 Å². The van der Waals surface area contributed by atoms with E-state index < -0.39 is 0 Å². The van der Waals surface area contributed by atoms with Crippen LogP contribution >= 0.6 is 0 Å². The van der Waals surface area contributed by atoms with E-state index in [1.807, 2.05) is 12.4 Å². The monoisotopic (exact) mass is 381 g/mol. The second-order valence-corrected chi connectivity index (χ2v) is 8.27. The van der Waals surface area contributed by atoms with Gasteiger partial charge < -0.3 is 4.90 Å². The molecule has 146 valence electrons. The molecule has 2 aromatic heterocycles. The number of piperidine rings is 1. The zero-order chi connectivity index (χ0) is 19.6. The van der Waals surface area contributed by atoms with E-state index in [-0.39, 0.29) is 0 Å². The van der Waals surface area contributed by atoms with E-state index in [4.69, 9.17) is 0 Å². The molecule has 3 nitrogen and oxygen atoms in total. The van der Waals surface area contributed by atoms with E-state index in [0.717, 1.165) is 23.9 Å². The summed E-state index contributed by atoms with van der Waals surface area (Å²) >= 11 is 0. The highest BCUT2D eigenvalue weighted by Gasteiger charge is 2.10. The molecule has 0 N–H and O–H groups in total. The van der Waals surface area contributed by atoms with Crippen molar-refractivity contribution in [1.29, 1.82) is 0 Å². The smallest absolute Gasteiger partial charge is 0.0891 e. The zero-order valence-electron chi connectivity index (χ0n) is 17.1. The van der Waals surface area contributed by atoms with Crippen LogP contribution in [0.5, 0.6) is 0 Å². The first-order valence-electron chi connectivity index (χ1n) is 10.7. The van der Waals surface area contributed by atoms with Gasteiger partial charge in [0.15, 0.2) is 0 Å². The van der Waals surface area contributed by atoms with Crippen molar-refractivity contribution in [2.75, 3.05) is 18.0 Å². The van der Waals surface area contributed by atoms with Gasteiger partial charge >= 0.3 is 0 Å². The first kappa shape index (κ1) is 18.1. The molecule has 0 amide bonds. The zero-order valence-corrected chi connectivity index (χ0v) is 17.1. The molecule has 2 aromatic carbocycles. The Balaban J connectivity index is 1.34. The lowest BCUT2D eigenvalue weighted by Gasteiger charge is -2.28. The SMILES string of the molecule is Cc1ccc2c(c1)ncc1ncc(CCc3ccc(N4CCCCC4)cc3)cc12. The predicted octanol–water partition coefficient (Wildman–Crippen LogP) is 5.87. The summed E-state index contributed by atoms with van der Waals surface area (Å²) in [5, 5.41) is 2.39. The van der Waals surface area contributed by atoms with Gasteiger partial charge in [0.1, 0.15) is 0 Å². The number of aryl methyl sites for hydroxylation is 3. The Bertz CT molecular complexity index is 1140. The number of rotatable bonds is 4. The molecule has 1 aliphatic rings. The largest absolute Gasteiger partial charge is 0.372 e. The molecule has 0 spiro atoms. The van der Waals surface area contributed by atoms with Gasteiger partial charge in [0.05, 0.1) is 17.2 Å². The third-order valence-electron chi connectivity index (χ3n) is 6.10. The van der Waals surface area contributed by atoms with E-state index in [1.54, 1.807) is 0 Å². The van der Waals surface area contributed by atoms with Crippen LogP contribution in [0, 0.1) is 6.92 Å². The van der Waals surface area contributed by atoms with Crippen molar-refractivity contribution >= 4 is 27.5 Å². The fourth-order valence-electron chi connectivity index (χ4n) is 4.40. The number of hydrogen-bond acceptors (Lipinski definition) is 3. The van der Waals surface area contributed by atoms with E-state index >= 15 is 0 Å². The Hall–Kier alpha value is -2.94. The molecule has 4 aromatic rings. The third kappa shape index (κ3) is 3.82. The van der Waals surface area contributed by atoms with Crippen molar-refractivity contribution in [2.24, 2.45) is 0 Å². The molecule has 0 aliphatic carbocycles. The summed E-state index contributed by atoms with van der Waals surface area (Å²) in [4.78, 5) is 11.8. The molecule has 0 radical (unpaired) electrons. The molecule has 0 atom stereocenters. The minimum Gasteiger partial charge on any atom is -0.372 e. The van der Waals surface area contributed by atoms with Crippen LogP contribution in [0.25, 0.3) is 21.8 Å². The van der Waals surface area contributed by atoms with Crippen LogP contribution in [0.2, 0.25) is 0 Å². The first-order chi connectivity index (χ1) is 14.3. The van der Waals surface area contributed by atoms with E-state index in [2.05, 4.69) is 70.3 Å². The minimum absolute atomic E-state index is 0.969. The number of benzene rings is 2. The van der Waals surface area contributed by atoms with Crippen LogP contribution in [-0.4, -0.2) is 23.1 Å². The van der Waals surface area contributed by atoms with Crippen molar-refractivity contribution in [3.63, 3.8) is 0 Å². The standard InChI is InChI=1S/C26H27N3/c1-19-5-12-23-24-16-21(17-27-26(24)18-28-25(23)15-19)7-6-20-8-10-22(11-9-20)29-13-3-2-4-14-29/h5,8-12,15-18H,2-4,6-7,13-14H2,1H3. The lowest BCUT2D eigenvalue weighted by molar-refractivity contribution is 0.578. The second-order valence-electron chi connectivity index (χ2n) is 8.27. The highest BCUT2D eigenvalue weighted by atomic mass is 15.1. The van der Waals surface area contributed by atoms with Gasteiger partial charge in [-0.3, -0.25) is 9.97 Å². The van der Waals surface area contributed by atoms with Gasteiger partial charge in [-0.2, -0.15) is 0 Å². The maximum Gasteiger partial charge on any atom is 0.0891 e. The summed E-state index contributed by atoms with van der Waals surface area (Å²) in [5.41, 5.74) is 7.30. The maximum atomic E-state index is 4.67. The summed E-state index contributed by atoms with van der Waals surface area (Å²) in [5.74, 6) is 0. The molecule has 3 heterocycles. The number of hydrogen-bond donors (Lipinski definition) is 0. The molecule has 29 heavy (non-hydrogen) atoms. The topological polar surface area (TPSA) is 29.0 Å². The normalized spacial score (nSPS) is 14.6. The van der Waals surface area contributed by atoms with Gasteiger partial charge in [-0.1, -0.05) is 24.3 Å². The summed E-state index contributed by atoms with van der Waals surface area (Å²) in [6, 6.07) is 17.9. The van der Waals surface area contributed by atoms with Gasteiger partial charge in [0.25, 0.3) is 0 Å². The Morgan fingerprint density at radius 2 is 1.48 bits per heavy atom. The van der Waals surface area contributed by atoms with Crippen molar-refractivity contribution in [2.45, 2.75) is 39.0 Å². The molecule has 0 saturated carbocycles. The van der Waals surface area contributed by atoms with E-state index in [9.17, 15) is 0 Å². The minimum atomic E-state index is 0.969. The number of nitrogens with zero attached hydrogens (tertiary/aromatic N) is 3. The van der Waals surface area contributed by atoms with Gasteiger partial charge in [0.2, 0.25) is 0 Å². The molecular weight excluding hydrogens is 354 g/mol. The Morgan fingerprint density at radius 1 is 0.724 bits per heavy atom. The van der Waals surface area contributed by atoms with Crippen molar-refractivity contribution in [1.82, 2.24) is 9.97 Å². The van der Waals surface area contributed by atoms with Gasteiger partial charge in [-0.05, 0) is 80.0 Å². The molecule has 3 heteroatoms. The fourth-order valence-corrected chi connectivity index (χ4v) is 4.40. The van der Waals surface area contributed by atoms with Crippen LogP contribution in [0.1, 0.15) is 36.0 Å². The molecule has 1 fully saturated rings. The Morgan fingerprint density at radius 3 is 2.31 bits per heavy atom. The van der Waals surface area contributed by atoms with Gasteiger partial charge in [-0.15, -0.1) is 0 Å². The summed E-state index contributed by atoms with van der Waals surface area (Å²) < 4.78 is 0. The number of anilines is 1. The van der Waals surface area contributed by atoms with Crippen LogP contribution in [0.15, 0.2) is 60.9 Å². The Kier molecular flexibility index (Phi) is 4.89. The Labute approximate surface area is 172 Å². The van der Waals surface area contributed by atoms with Crippen molar-refractivity contribution in [3.8, 4) is 0 Å². The number of pyridine rings is 2. The van der Waals surface area contributed by atoms with Crippen LogP contribution in [0.3, 0.4) is 0 Å². The molecular formula is C26H27N3. The van der Waals surface area contributed by atoms with E-state index in [0.29, 0.717) is 0 Å². The molecule has 1 aliphatic heterocycles. The van der Waals surface area contributed by atoms with E-state index in [1.165, 1.54) is 65.5 Å². The van der Waals surface area contributed by atoms with Crippen molar-refractivity contribution in [3.05, 3.63) is 77.6 Å². The summed E-state index contributed by atoms with van der Waals surface area (Å²) in [6.07, 6.45) is 9.95. The first-order valence-corrected chi connectivity index (χ1v) is 10.7. The highest BCUT2D eigenvalue weighted by Crippen LogP contribution is 2.25. The lowest BCUT2D eigenvalue weighted by Crippen LogP contribution is -2.29.